The normalized spacial score (nSPS) is 24.9. The van der Waals surface area contributed by atoms with Crippen LogP contribution in [0.15, 0.2) is 12.1 Å². The molecule has 1 fully saturated rings. The first-order valence-electron chi connectivity index (χ1n) is 6.73. The van der Waals surface area contributed by atoms with Crippen LogP contribution in [0.1, 0.15) is 43.9 Å². The van der Waals surface area contributed by atoms with Gasteiger partial charge in [0.25, 0.3) is 0 Å². The molecule has 1 aromatic carbocycles. The summed E-state index contributed by atoms with van der Waals surface area (Å²) in [6, 6.07) is 1.86. The highest BCUT2D eigenvalue weighted by atomic mass is 19.1. The van der Waals surface area contributed by atoms with Gasteiger partial charge in [-0.15, -0.1) is 0 Å². The first kappa shape index (κ1) is 14.9. The molecule has 110 valence electrons. The molecular weight excluding hydrogens is 264 g/mol. The third kappa shape index (κ3) is 2.30. The smallest absolute Gasteiger partial charge is 0.323 e. The van der Waals surface area contributed by atoms with Gasteiger partial charge in [0.05, 0.1) is 0 Å². The average Bonchev–Trinajstić information content (AvgIpc) is 2.76. The van der Waals surface area contributed by atoms with Gasteiger partial charge in [-0.1, -0.05) is 0 Å². The summed E-state index contributed by atoms with van der Waals surface area (Å²) in [5.41, 5.74) is -0.559. The second-order valence-corrected chi connectivity index (χ2v) is 5.67. The van der Waals surface area contributed by atoms with Crippen LogP contribution < -0.4 is 0 Å². The maximum atomic E-state index is 14.0. The minimum absolute atomic E-state index is 0.211. The Balaban J connectivity index is 2.39. The van der Waals surface area contributed by atoms with Crippen molar-refractivity contribution in [2.45, 2.75) is 45.2 Å². The summed E-state index contributed by atoms with van der Waals surface area (Å²) in [6.07, 6.45) is 1.26. The highest BCUT2D eigenvalue weighted by Crippen LogP contribution is 2.37. The van der Waals surface area contributed by atoms with Crippen LogP contribution in [0.4, 0.5) is 8.78 Å². The number of halogens is 2. The zero-order chi connectivity index (χ0) is 15.1. The predicted octanol–water partition coefficient (Wildman–Crippen LogP) is 3.27. The number of rotatable bonds is 3. The van der Waals surface area contributed by atoms with E-state index in [9.17, 15) is 18.7 Å². The molecule has 1 N–H and O–H groups in total. The maximum Gasteiger partial charge on any atom is 0.323 e. The molecule has 0 saturated carbocycles. The van der Waals surface area contributed by atoms with Crippen LogP contribution in [0.3, 0.4) is 0 Å². The van der Waals surface area contributed by atoms with Crippen molar-refractivity contribution in [2.24, 2.45) is 0 Å². The molecule has 1 aliphatic heterocycles. The van der Waals surface area contributed by atoms with E-state index in [4.69, 9.17) is 0 Å². The van der Waals surface area contributed by atoms with Gasteiger partial charge in [-0.05, 0) is 57.9 Å². The fourth-order valence-electron chi connectivity index (χ4n) is 2.98. The van der Waals surface area contributed by atoms with Crippen molar-refractivity contribution in [2.75, 3.05) is 6.54 Å². The molecule has 20 heavy (non-hydrogen) atoms. The van der Waals surface area contributed by atoms with Crippen LogP contribution in [0.5, 0.6) is 0 Å². The highest BCUT2D eigenvalue weighted by molar-refractivity contribution is 5.78. The molecular formula is C15H19F2NO2. The first-order chi connectivity index (χ1) is 9.27. The molecule has 1 aromatic rings. The van der Waals surface area contributed by atoms with Crippen LogP contribution in [0.25, 0.3) is 0 Å². The summed E-state index contributed by atoms with van der Waals surface area (Å²) < 4.78 is 27.7. The van der Waals surface area contributed by atoms with E-state index in [0.717, 1.165) is 12.5 Å². The summed E-state index contributed by atoms with van der Waals surface area (Å²) in [5.74, 6) is -1.88. The number of hydrogen-bond donors (Lipinski definition) is 1. The molecule has 0 spiro atoms. The minimum atomic E-state index is -1.02. The number of carbonyl (C=O) groups is 1. The Bertz CT molecular complexity index is 547. The van der Waals surface area contributed by atoms with Gasteiger partial charge in [0, 0.05) is 11.6 Å². The maximum absolute atomic E-state index is 14.0. The van der Waals surface area contributed by atoms with Crippen LogP contribution in [0, 0.1) is 18.6 Å². The monoisotopic (exact) mass is 283 g/mol. The highest BCUT2D eigenvalue weighted by Gasteiger charge is 2.46. The molecule has 0 bridgehead atoms. The Kier molecular flexibility index (Phi) is 3.82. The minimum Gasteiger partial charge on any atom is -0.480 e. The number of aliphatic carboxylic acids is 1. The molecule has 2 atom stereocenters. The van der Waals surface area contributed by atoms with Gasteiger partial charge in [0.1, 0.15) is 17.2 Å². The largest absolute Gasteiger partial charge is 0.480 e. The molecule has 0 radical (unpaired) electrons. The first-order valence-corrected chi connectivity index (χ1v) is 6.73. The van der Waals surface area contributed by atoms with Crippen LogP contribution in [-0.4, -0.2) is 28.1 Å². The molecule has 0 aliphatic carbocycles. The van der Waals surface area contributed by atoms with E-state index in [0.29, 0.717) is 13.0 Å². The number of nitrogens with zero attached hydrogens (tertiary/aromatic N) is 1. The molecule has 1 heterocycles. The molecule has 2 unspecified atom stereocenters. The van der Waals surface area contributed by atoms with Gasteiger partial charge in [-0.2, -0.15) is 0 Å². The lowest BCUT2D eigenvalue weighted by molar-refractivity contribution is -0.149. The molecule has 2 rings (SSSR count). The van der Waals surface area contributed by atoms with Crippen LogP contribution >= 0.6 is 0 Å². The fourth-order valence-corrected chi connectivity index (χ4v) is 2.98. The number of carboxylic acids is 1. The van der Waals surface area contributed by atoms with Crippen molar-refractivity contribution in [1.29, 1.82) is 0 Å². The Morgan fingerprint density at radius 1 is 1.40 bits per heavy atom. The summed E-state index contributed by atoms with van der Waals surface area (Å²) >= 11 is 0. The summed E-state index contributed by atoms with van der Waals surface area (Å²) in [6.45, 7) is 5.43. The van der Waals surface area contributed by atoms with E-state index in [1.165, 1.54) is 13.0 Å². The second-order valence-electron chi connectivity index (χ2n) is 5.67. The van der Waals surface area contributed by atoms with E-state index in [1.54, 1.807) is 18.7 Å². The Morgan fingerprint density at radius 3 is 2.65 bits per heavy atom. The Morgan fingerprint density at radius 2 is 2.05 bits per heavy atom. The molecule has 5 heteroatoms. The van der Waals surface area contributed by atoms with Gasteiger partial charge in [-0.3, -0.25) is 9.69 Å². The molecule has 0 amide bonds. The zero-order valence-corrected chi connectivity index (χ0v) is 11.9. The topological polar surface area (TPSA) is 40.5 Å². The fraction of sp³-hybridized carbons (Fsp3) is 0.533. The Hall–Kier alpha value is -1.49. The molecule has 0 aromatic heterocycles. The number of benzene rings is 1. The van der Waals surface area contributed by atoms with E-state index >= 15 is 0 Å². The summed E-state index contributed by atoms with van der Waals surface area (Å²) in [4.78, 5) is 13.2. The third-order valence-electron chi connectivity index (χ3n) is 4.35. The van der Waals surface area contributed by atoms with Gasteiger partial charge < -0.3 is 5.11 Å². The lowest BCUT2D eigenvalue weighted by Gasteiger charge is -2.36. The Labute approximate surface area is 117 Å². The van der Waals surface area contributed by atoms with E-state index in [-0.39, 0.29) is 11.1 Å². The predicted molar refractivity (Wildman–Crippen MR) is 71.5 cm³/mol. The van der Waals surface area contributed by atoms with E-state index in [1.807, 2.05) is 0 Å². The summed E-state index contributed by atoms with van der Waals surface area (Å²) in [5, 5.41) is 9.40. The van der Waals surface area contributed by atoms with Gasteiger partial charge in [-0.25, -0.2) is 8.78 Å². The number of hydrogen-bond acceptors (Lipinski definition) is 2. The number of carboxylic acid groups (broad SMARTS) is 1. The zero-order valence-electron chi connectivity index (χ0n) is 11.9. The van der Waals surface area contributed by atoms with Crippen LogP contribution in [-0.2, 0) is 4.79 Å². The third-order valence-corrected chi connectivity index (χ3v) is 4.35. The molecule has 1 saturated heterocycles. The van der Waals surface area contributed by atoms with Crippen molar-refractivity contribution in [3.8, 4) is 0 Å². The van der Waals surface area contributed by atoms with Crippen molar-refractivity contribution in [1.82, 2.24) is 4.90 Å². The van der Waals surface area contributed by atoms with Gasteiger partial charge in [0.2, 0.25) is 0 Å². The lowest BCUT2D eigenvalue weighted by Crippen LogP contribution is -2.49. The number of aryl methyl sites for hydroxylation is 1. The van der Waals surface area contributed by atoms with Gasteiger partial charge in [0.15, 0.2) is 0 Å². The van der Waals surface area contributed by atoms with E-state index < -0.39 is 29.2 Å². The van der Waals surface area contributed by atoms with Gasteiger partial charge >= 0.3 is 5.97 Å². The van der Waals surface area contributed by atoms with Crippen molar-refractivity contribution in [3.63, 3.8) is 0 Å². The number of likely N-dealkylation sites (tertiary alicyclic amines) is 1. The molecule has 1 aliphatic rings. The van der Waals surface area contributed by atoms with Crippen molar-refractivity contribution < 1.29 is 18.7 Å². The van der Waals surface area contributed by atoms with Crippen molar-refractivity contribution in [3.05, 3.63) is 34.9 Å². The standard InChI is InChI=1S/C15H19F2NO2/c1-9-7-13(17)11(8-12(9)16)10(2)18-6-4-5-15(18,3)14(19)20/h7-8,10H,4-6H2,1-3H3,(H,19,20). The van der Waals surface area contributed by atoms with Crippen molar-refractivity contribution >= 4 is 5.97 Å². The van der Waals surface area contributed by atoms with E-state index in [2.05, 4.69) is 0 Å². The summed E-state index contributed by atoms with van der Waals surface area (Å²) in [7, 11) is 0. The average molecular weight is 283 g/mol. The lowest BCUT2D eigenvalue weighted by atomic mass is 9.95. The molecule has 3 nitrogen and oxygen atoms in total. The SMILES string of the molecule is Cc1cc(F)c(C(C)N2CCCC2(C)C(=O)O)cc1F. The van der Waals surface area contributed by atoms with Crippen LogP contribution in [0.2, 0.25) is 0 Å². The quantitative estimate of drug-likeness (QED) is 0.925. The second kappa shape index (κ2) is 5.13.